The lowest BCUT2D eigenvalue weighted by Crippen LogP contribution is -2.11. The van der Waals surface area contributed by atoms with Gasteiger partial charge in [-0.15, -0.1) is 0 Å². The maximum absolute atomic E-state index is 3.49. The summed E-state index contributed by atoms with van der Waals surface area (Å²) in [6, 6.07) is 8.87. The van der Waals surface area contributed by atoms with Crippen molar-refractivity contribution in [2.75, 3.05) is 11.9 Å². The fourth-order valence-corrected chi connectivity index (χ4v) is 1.92. The number of hydrogen-bond donors (Lipinski definition) is 1. The molecule has 0 unspecified atom stereocenters. The van der Waals surface area contributed by atoms with Crippen molar-refractivity contribution in [3.63, 3.8) is 0 Å². The van der Waals surface area contributed by atoms with Gasteiger partial charge in [-0.25, -0.2) is 0 Å². The maximum Gasteiger partial charge on any atom is 0.0340 e. The summed E-state index contributed by atoms with van der Waals surface area (Å²) < 4.78 is 0. The van der Waals surface area contributed by atoms with E-state index in [1.54, 1.807) is 0 Å². The summed E-state index contributed by atoms with van der Waals surface area (Å²) in [4.78, 5) is 0. The minimum absolute atomic E-state index is 0.256. The van der Waals surface area contributed by atoms with Gasteiger partial charge in [-0.05, 0) is 35.4 Å². The molecule has 0 spiro atoms. The van der Waals surface area contributed by atoms with Gasteiger partial charge in [0.05, 0.1) is 0 Å². The second-order valence-corrected chi connectivity index (χ2v) is 5.99. The summed E-state index contributed by atoms with van der Waals surface area (Å²) in [5.41, 5.74) is 2.92. The van der Waals surface area contributed by atoms with Gasteiger partial charge >= 0.3 is 0 Å². The first-order chi connectivity index (χ1) is 7.55. The van der Waals surface area contributed by atoms with Crippen molar-refractivity contribution in [1.29, 1.82) is 0 Å². The molecule has 0 atom stereocenters. The van der Waals surface area contributed by atoms with Gasteiger partial charge in [-0.2, -0.15) is 0 Å². The molecule has 88 valence electrons. The third kappa shape index (κ3) is 3.26. The van der Waals surface area contributed by atoms with Crippen LogP contribution in [0.4, 0.5) is 5.69 Å². The van der Waals surface area contributed by atoms with E-state index in [0.29, 0.717) is 0 Å². The van der Waals surface area contributed by atoms with Gasteiger partial charge in [-0.1, -0.05) is 45.7 Å². The van der Waals surface area contributed by atoms with E-state index in [1.165, 1.54) is 30.5 Å². The summed E-state index contributed by atoms with van der Waals surface area (Å²) in [7, 11) is 0. The van der Waals surface area contributed by atoms with Crippen LogP contribution in [0.3, 0.4) is 0 Å². The second kappa shape index (κ2) is 4.48. The molecule has 0 aliphatic heterocycles. The Morgan fingerprint density at radius 3 is 2.25 bits per heavy atom. The zero-order valence-corrected chi connectivity index (χ0v) is 10.7. The largest absolute Gasteiger partial charge is 0.385 e. The Kier molecular flexibility index (Phi) is 3.22. The molecule has 0 radical (unpaired) electrons. The highest BCUT2D eigenvalue weighted by Gasteiger charge is 2.20. The number of rotatable bonds is 4. The van der Waals surface area contributed by atoms with Crippen LogP contribution in [0.5, 0.6) is 0 Å². The van der Waals surface area contributed by atoms with E-state index in [9.17, 15) is 0 Å². The van der Waals surface area contributed by atoms with Gasteiger partial charge in [0.2, 0.25) is 0 Å². The smallest absolute Gasteiger partial charge is 0.0340 e. The van der Waals surface area contributed by atoms with Crippen molar-refractivity contribution in [2.45, 2.75) is 45.4 Å². The number of benzene rings is 1. The highest BCUT2D eigenvalue weighted by atomic mass is 14.9. The van der Waals surface area contributed by atoms with E-state index in [1.807, 2.05) is 0 Å². The highest BCUT2D eigenvalue weighted by Crippen LogP contribution is 2.32. The molecular weight excluding hydrogens is 194 g/mol. The Morgan fingerprint density at radius 1 is 1.12 bits per heavy atom. The zero-order chi connectivity index (χ0) is 11.6. The van der Waals surface area contributed by atoms with E-state index in [-0.39, 0.29) is 5.41 Å². The molecule has 0 amide bonds. The normalized spacial score (nSPS) is 16.2. The van der Waals surface area contributed by atoms with Crippen molar-refractivity contribution >= 4 is 5.69 Å². The van der Waals surface area contributed by atoms with Crippen LogP contribution in [0, 0.1) is 5.92 Å². The number of nitrogens with one attached hydrogen (secondary N) is 1. The second-order valence-electron chi connectivity index (χ2n) is 5.99. The van der Waals surface area contributed by atoms with Crippen LogP contribution in [0.25, 0.3) is 0 Å². The Bertz CT molecular complexity index is 327. The predicted octanol–water partition coefficient (Wildman–Crippen LogP) is 4.20. The maximum atomic E-state index is 3.49. The molecule has 0 heterocycles. The Labute approximate surface area is 99.3 Å². The summed E-state index contributed by atoms with van der Waals surface area (Å²) in [5, 5.41) is 3.49. The van der Waals surface area contributed by atoms with Crippen LogP contribution >= 0.6 is 0 Å². The lowest BCUT2D eigenvalue weighted by molar-refractivity contribution is 0.590. The molecule has 1 saturated carbocycles. The quantitative estimate of drug-likeness (QED) is 0.797. The van der Waals surface area contributed by atoms with Crippen LogP contribution in [0.15, 0.2) is 24.3 Å². The number of hydrogen-bond acceptors (Lipinski definition) is 1. The molecule has 0 aromatic heterocycles. The minimum atomic E-state index is 0.256. The topological polar surface area (TPSA) is 12.0 Å². The first kappa shape index (κ1) is 11.5. The van der Waals surface area contributed by atoms with Crippen LogP contribution in [0.1, 0.15) is 45.6 Å². The van der Waals surface area contributed by atoms with Crippen LogP contribution in [-0.4, -0.2) is 6.54 Å². The monoisotopic (exact) mass is 217 g/mol. The van der Waals surface area contributed by atoms with E-state index < -0.39 is 0 Å². The van der Waals surface area contributed by atoms with Gasteiger partial charge in [0.1, 0.15) is 0 Å². The fourth-order valence-electron chi connectivity index (χ4n) is 1.92. The molecule has 0 saturated heterocycles. The molecule has 1 aliphatic carbocycles. The molecule has 1 aromatic carbocycles. The van der Waals surface area contributed by atoms with Crippen molar-refractivity contribution < 1.29 is 0 Å². The molecule has 1 aromatic rings. The van der Waals surface area contributed by atoms with Gasteiger partial charge < -0.3 is 5.32 Å². The molecule has 1 fully saturated rings. The Hall–Kier alpha value is -0.980. The fraction of sp³-hybridized carbons (Fsp3) is 0.600. The molecule has 2 rings (SSSR count). The van der Waals surface area contributed by atoms with Crippen LogP contribution < -0.4 is 5.32 Å². The lowest BCUT2D eigenvalue weighted by Gasteiger charge is -2.19. The third-order valence-electron chi connectivity index (χ3n) is 3.33. The molecule has 16 heavy (non-hydrogen) atoms. The molecule has 1 N–H and O–H groups in total. The molecule has 1 nitrogen and oxygen atoms in total. The number of anilines is 1. The van der Waals surface area contributed by atoms with Crippen molar-refractivity contribution in [3.8, 4) is 0 Å². The predicted molar refractivity (Wildman–Crippen MR) is 71.0 cm³/mol. The Balaban J connectivity index is 1.85. The molecule has 0 bridgehead atoms. The van der Waals surface area contributed by atoms with Crippen LogP contribution in [0.2, 0.25) is 0 Å². The summed E-state index contributed by atoms with van der Waals surface area (Å²) >= 11 is 0. The Morgan fingerprint density at radius 2 is 1.75 bits per heavy atom. The summed E-state index contributed by atoms with van der Waals surface area (Å²) in [5.74, 6) is 1.02. The highest BCUT2D eigenvalue weighted by molar-refractivity contribution is 5.45. The summed E-state index contributed by atoms with van der Waals surface area (Å²) in [6.45, 7) is 7.88. The van der Waals surface area contributed by atoms with Gasteiger partial charge in [-0.3, -0.25) is 0 Å². The van der Waals surface area contributed by atoms with Gasteiger partial charge in [0.15, 0.2) is 0 Å². The van der Waals surface area contributed by atoms with Crippen molar-refractivity contribution in [2.24, 2.45) is 5.92 Å². The first-order valence-electron chi connectivity index (χ1n) is 6.40. The van der Waals surface area contributed by atoms with Crippen molar-refractivity contribution in [1.82, 2.24) is 0 Å². The van der Waals surface area contributed by atoms with E-state index >= 15 is 0 Å². The molecule has 1 heteroatoms. The zero-order valence-electron chi connectivity index (χ0n) is 10.7. The first-order valence-corrected chi connectivity index (χ1v) is 6.40. The van der Waals surface area contributed by atoms with E-state index in [2.05, 4.69) is 50.4 Å². The van der Waals surface area contributed by atoms with Crippen molar-refractivity contribution in [3.05, 3.63) is 29.8 Å². The van der Waals surface area contributed by atoms with E-state index in [4.69, 9.17) is 0 Å². The summed E-state index contributed by atoms with van der Waals surface area (Å²) in [6.07, 6.45) is 4.23. The van der Waals surface area contributed by atoms with E-state index in [0.717, 1.165) is 12.5 Å². The average molecular weight is 217 g/mol. The van der Waals surface area contributed by atoms with Gasteiger partial charge in [0, 0.05) is 12.2 Å². The average Bonchev–Trinajstić information content (AvgIpc) is 3.01. The third-order valence-corrected chi connectivity index (χ3v) is 3.33. The van der Waals surface area contributed by atoms with Crippen LogP contribution in [-0.2, 0) is 5.41 Å². The SMILES string of the molecule is CC(C)(C)c1ccc(NCCC2CC2)cc1. The molecular formula is C15H23N. The lowest BCUT2D eigenvalue weighted by atomic mass is 9.87. The molecule has 1 aliphatic rings. The minimum Gasteiger partial charge on any atom is -0.385 e. The standard InChI is InChI=1S/C15H23N/c1-15(2,3)13-6-8-14(9-7-13)16-11-10-12-4-5-12/h6-9,12,16H,4-5,10-11H2,1-3H3. The van der Waals surface area contributed by atoms with Gasteiger partial charge in [0.25, 0.3) is 0 Å².